The third-order valence-corrected chi connectivity index (χ3v) is 7.95. The van der Waals surface area contributed by atoms with E-state index in [-0.39, 0.29) is 33.8 Å². The van der Waals surface area contributed by atoms with Crippen molar-refractivity contribution in [3.63, 3.8) is 0 Å². The van der Waals surface area contributed by atoms with Crippen molar-refractivity contribution in [1.82, 2.24) is 5.32 Å². The van der Waals surface area contributed by atoms with E-state index >= 15 is 0 Å². The smallest absolute Gasteiger partial charge is 0.237 e. The molecule has 8 heteroatoms. The minimum atomic E-state index is -3.62. The molecule has 1 aromatic carbocycles. The summed E-state index contributed by atoms with van der Waals surface area (Å²) in [4.78, 5) is 25.1. The average molecular weight is 397 g/mol. The third kappa shape index (κ3) is 4.23. The van der Waals surface area contributed by atoms with Crippen LogP contribution < -0.4 is 10.6 Å². The SMILES string of the molecule is CC(CS(=O)(=O)c1ccc2c(c1)NC(=O)C(C)S2)C(=O)NC1CCCC1. The summed E-state index contributed by atoms with van der Waals surface area (Å²) in [5.74, 6) is -1.22. The van der Waals surface area contributed by atoms with Crippen LogP contribution in [0.25, 0.3) is 0 Å². The molecule has 2 N–H and O–H groups in total. The van der Waals surface area contributed by atoms with Crippen molar-refractivity contribution in [2.24, 2.45) is 5.92 Å². The summed E-state index contributed by atoms with van der Waals surface area (Å²) < 4.78 is 25.4. The number of nitrogens with one attached hydrogen (secondary N) is 2. The van der Waals surface area contributed by atoms with Gasteiger partial charge in [-0.25, -0.2) is 8.42 Å². The van der Waals surface area contributed by atoms with Gasteiger partial charge in [0.2, 0.25) is 11.8 Å². The normalized spacial score (nSPS) is 21.8. The fraction of sp³-hybridized carbons (Fsp3) is 0.556. The Morgan fingerprint density at radius 2 is 2.04 bits per heavy atom. The van der Waals surface area contributed by atoms with Crippen LogP contribution in [-0.4, -0.2) is 37.3 Å². The molecule has 2 unspecified atom stereocenters. The van der Waals surface area contributed by atoms with E-state index in [0.29, 0.717) is 5.69 Å². The van der Waals surface area contributed by atoms with Gasteiger partial charge in [0.25, 0.3) is 0 Å². The molecule has 1 aliphatic carbocycles. The molecule has 0 spiro atoms. The van der Waals surface area contributed by atoms with E-state index in [2.05, 4.69) is 10.6 Å². The van der Waals surface area contributed by atoms with Gasteiger partial charge >= 0.3 is 0 Å². The third-order valence-electron chi connectivity index (χ3n) is 4.86. The van der Waals surface area contributed by atoms with Gasteiger partial charge < -0.3 is 10.6 Å². The first kappa shape index (κ1) is 19.2. The molecule has 1 aromatic rings. The van der Waals surface area contributed by atoms with Crippen LogP contribution in [0, 0.1) is 5.92 Å². The second-order valence-electron chi connectivity index (χ2n) is 7.08. The van der Waals surface area contributed by atoms with Crippen molar-refractivity contribution in [3.05, 3.63) is 18.2 Å². The zero-order valence-corrected chi connectivity index (χ0v) is 16.6. The van der Waals surface area contributed by atoms with Crippen LogP contribution in [0.3, 0.4) is 0 Å². The van der Waals surface area contributed by atoms with Gasteiger partial charge in [-0.05, 0) is 38.0 Å². The first-order chi connectivity index (χ1) is 12.3. The lowest BCUT2D eigenvalue weighted by Crippen LogP contribution is -2.38. The highest BCUT2D eigenvalue weighted by Gasteiger charge is 2.28. The molecule has 26 heavy (non-hydrogen) atoms. The summed E-state index contributed by atoms with van der Waals surface area (Å²) in [5.41, 5.74) is 0.516. The number of rotatable bonds is 5. The molecule has 6 nitrogen and oxygen atoms in total. The fourth-order valence-electron chi connectivity index (χ4n) is 3.30. The number of thioether (sulfide) groups is 1. The molecule has 1 aliphatic heterocycles. The Balaban J connectivity index is 1.70. The molecule has 3 rings (SSSR count). The molecule has 0 radical (unpaired) electrons. The zero-order valence-electron chi connectivity index (χ0n) is 14.9. The van der Waals surface area contributed by atoms with Gasteiger partial charge in [-0.15, -0.1) is 11.8 Å². The van der Waals surface area contributed by atoms with Gasteiger partial charge in [0.05, 0.1) is 21.6 Å². The largest absolute Gasteiger partial charge is 0.353 e. The quantitative estimate of drug-likeness (QED) is 0.798. The van der Waals surface area contributed by atoms with Crippen molar-refractivity contribution in [3.8, 4) is 0 Å². The van der Waals surface area contributed by atoms with Gasteiger partial charge in [0.1, 0.15) is 0 Å². The van der Waals surface area contributed by atoms with Crippen LogP contribution in [0.1, 0.15) is 39.5 Å². The van der Waals surface area contributed by atoms with Gasteiger partial charge in [0, 0.05) is 16.9 Å². The molecule has 2 aliphatic rings. The number of sulfone groups is 1. The molecule has 142 valence electrons. The molecule has 2 atom stereocenters. The second kappa shape index (κ2) is 7.60. The Morgan fingerprint density at radius 3 is 2.73 bits per heavy atom. The lowest BCUT2D eigenvalue weighted by atomic mass is 10.1. The number of benzene rings is 1. The summed E-state index contributed by atoms with van der Waals surface area (Å²) in [6.07, 6.45) is 4.14. The molecule has 0 bridgehead atoms. The summed E-state index contributed by atoms with van der Waals surface area (Å²) in [6, 6.07) is 4.92. The maximum absolute atomic E-state index is 12.7. The fourth-order valence-corrected chi connectivity index (χ4v) is 5.80. The van der Waals surface area contributed by atoms with E-state index in [1.165, 1.54) is 17.8 Å². The van der Waals surface area contributed by atoms with E-state index in [4.69, 9.17) is 0 Å². The predicted octanol–water partition coefficient (Wildman–Crippen LogP) is 2.59. The zero-order chi connectivity index (χ0) is 18.9. The lowest BCUT2D eigenvalue weighted by Gasteiger charge is -2.22. The van der Waals surface area contributed by atoms with E-state index in [1.807, 2.05) is 0 Å². The van der Waals surface area contributed by atoms with Crippen LogP contribution in [-0.2, 0) is 19.4 Å². The number of hydrogen-bond acceptors (Lipinski definition) is 5. The summed E-state index contributed by atoms with van der Waals surface area (Å²) in [5, 5.41) is 5.49. The van der Waals surface area contributed by atoms with E-state index in [1.54, 1.807) is 26.0 Å². The van der Waals surface area contributed by atoms with Crippen molar-refractivity contribution in [2.75, 3.05) is 11.1 Å². The second-order valence-corrected chi connectivity index (χ2v) is 10.5. The average Bonchev–Trinajstić information content (AvgIpc) is 3.08. The Bertz CT molecular complexity index is 816. The molecule has 1 saturated carbocycles. The standard InChI is InChI=1S/C18H24N2O4S2/c1-11(17(21)19-13-5-3-4-6-13)10-26(23,24)14-7-8-16-15(9-14)20-18(22)12(2)25-16/h7-9,11-13H,3-6,10H2,1-2H3,(H,19,21)(H,20,22). The molecule has 0 aromatic heterocycles. The molecule has 1 heterocycles. The minimum absolute atomic E-state index is 0.132. The van der Waals surface area contributed by atoms with Crippen LogP contribution in [0.5, 0.6) is 0 Å². The number of carbonyl (C=O) groups excluding carboxylic acids is 2. The monoisotopic (exact) mass is 396 g/mol. The number of hydrogen-bond donors (Lipinski definition) is 2. The Kier molecular flexibility index (Phi) is 5.62. The Hall–Kier alpha value is -1.54. The van der Waals surface area contributed by atoms with E-state index < -0.39 is 15.8 Å². The van der Waals surface area contributed by atoms with Crippen molar-refractivity contribution >= 4 is 39.1 Å². The van der Waals surface area contributed by atoms with Crippen LogP contribution in [0.2, 0.25) is 0 Å². The van der Waals surface area contributed by atoms with Crippen LogP contribution in [0.15, 0.2) is 28.0 Å². The van der Waals surface area contributed by atoms with E-state index in [0.717, 1.165) is 30.6 Å². The maximum Gasteiger partial charge on any atom is 0.237 e. The lowest BCUT2D eigenvalue weighted by molar-refractivity contribution is -0.124. The van der Waals surface area contributed by atoms with Gasteiger partial charge in [-0.1, -0.05) is 19.8 Å². The summed E-state index contributed by atoms with van der Waals surface area (Å²) >= 11 is 1.40. The molecular formula is C18H24N2O4S2. The van der Waals surface area contributed by atoms with Crippen molar-refractivity contribution in [1.29, 1.82) is 0 Å². The van der Waals surface area contributed by atoms with Crippen LogP contribution >= 0.6 is 11.8 Å². The van der Waals surface area contributed by atoms with Gasteiger partial charge in [-0.2, -0.15) is 0 Å². The first-order valence-corrected chi connectivity index (χ1v) is 11.4. The highest BCUT2D eigenvalue weighted by atomic mass is 32.2. The highest BCUT2D eigenvalue weighted by molar-refractivity contribution is 8.01. The van der Waals surface area contributed by atoms with Crippen LogP contribution in [0.4, 0.5) is 5.69 Å². The molecule has 2 amide bonds. The maximum atomic E-state index is 12.7. The van der Waals surface area contributed by atoms with E-state index in [9.17, 15) is 18.0 Å². The summed E-state index contributed by atoms with van der Waals surface area (Å²) in [6.45, 7) is 3.44. The van der Waals surface area contributed by atoms with Crippen molar-refractivity contribution in [2.45, 2.75) is 60.6 Å². The van der Waals surface area contributed by atoms with Gasteiger partial charge in [-0.3, -0.25) is 9.59 Å². The topological polar surface area (TPSA) is 92.3 Å². The first-order valence-electron chi connectivity index (χ1n) is 8.91. The molecule has 0 saturated heterocycles. The molecular weight excluding hydrogens is 372 g/mol. The number of fused-ring (bicyclic) bond motifs is 1. The number of carbonyl (C=O) groups is 2. The summed E-state index contributed by atoms with van der Waals surface area (Å²) in [7, 11) is -3.62. The molecule has 1 fully saturated rings. The Labute approximate surface area is 158 Å². The predicted molar refractivity (Wildman–Crippen MR) is 102 cm³/mol. The number of anilines is 1. The minimum Gasteiger partial charge on any atom is -0.353 e. The Morgan fingerprint density at radius 1 is 1.35 bits per heavy atom. The number of amides is 2. The van der Waals surface area contributed by atoms with Gasteiger partial charge in [0.15, 0.2) is 9.84 Å². The highest BCUT2D eigenvalue weighted by Crippen LogP contribution is 2.37. The van der Waals surface area contributed by atoms with Crippen molar-refractivity contribution < 1.29 is 18.0 Å².